The summed E-state index contributed by atoms with van der Waals surface area (Å²) in [6.07, 6.45) is 0. The van der Waals surface area contributed by atoms with Crippen molar-refractivity contribution < 1.29 is 5.11 Å². The first-order valence-corrected chi connectivity index (χ1v) is 15.5. The van der Waals surface area contributed by atoms with Gasteiger partial charge in [-0.3, -0.25) is 4.57 Å². The molecule has 0 radical (unpaired) electrons. The number of para-hydroxylation sites is 2. The van der Waals surface area contributed by atoms with E-state index in [2.05, 4.69) is 59.2 Å². The number of hydrogen-bond acceptors (Lipinski definition) is 6. The Morgan fingerprint density at radius 3 is 1.72 bits per heavy atom. The van der Waals surface area contributed by atoms with Crippen LogP contribution in [0.1, 0.15) is 5.56 Å². The molecule has 1 N–H and O–H groups in total. The normalized spacial score (nSPS) is 11.6. The van der Waals surface area contributed by atoms with Gasteiger partial charge in [-0.15, -0.1) is 0 Å². The Labute approximate surface area is 269 Å². The third-order valence-electron chi connectivity index (χ3n) is 8.65. The molecule has 222 valence electrons. The van der Waals surface area contributed by atoms with Crippen LogP contribution in [0.15, 0.2) is 140 Å². The van der Waals surface area contributed by atoms with Crippen molar-refractivity contribution in [1.29, 1.82) is 0 Å². The second kappa shape index (κ2) is 10.9. The molecule has 0 aliphatic heterocycles. The standard InChI is InChI=1S/C40H26N6O/c47-24-28-12-4-5-13-29(28)32-22-20-25-18-19-26-21-23-33(42-37(26)36(25)41-32)39-43-38(27-10-2-1-3-11-27)44-40(45-39)46-34-16-8-6-14-30(34)31-15-7-9-17-35(31)46/h1-23,47H,24H2. The number of benzene rings is 5. The lowest BCUT2D eigenvalue weighted by molar-refractivity contribution is 0.282. The maximum atomic E-state index is 9.98. The second-order valence-corrected chi connectivity index (χ2v) is 11.4. The number of hydrogen-bond donors (Lipinski definition) is 1. The molecule has 0 atom stereocenters. The molecule has 7 heteroatoms. The number of rotatable bonds is 5. The first kappa shape index (κ1) is 27.0. The quantitative estimate of drug-likeness (QED) is 0.198. The molecule has 0 saturated carbocycles. The average Bonchev–Trinajstić information content (AvgIpc) is 3.49. The zero-order chi connectivity index (χ0) is 31.3. The van der Waals surface area contributed by atoms with Gasteiger partial charge in [-0.05, 0) is 29.8 Å². The maximum Gasteiger partial charge on any atom is 0.238 e. The monoisotopic (exact) mass is 606 g/mol. The lowest BCUT2D eigenvalue weighted by Gasteiger charge is -2.12. The van der Waals surface area contributed by atoms with E-state index < -0.39 is 0 Å². The van der Waals surface area contributed by atoms with E-state index in [1.54, 1.807) is 0 Å². The molecule has 5 aromatic carbocycles. The van der Waals surface area contributed by atoms with E-state index in [4.69, 9.17) is 24.9 Å². The van der Waals surface area contributed by atoms with Gasteiger partial charge < -0.3 is 5.11 Å². The number of fused-ring (bicyclic) bond motifs is 6. The Hall–Kier alpha value is -6.31. The average molecular weight is 607 g/mol. The third kappa shape index (κ3) is 4.52. The molecule has 4 heterocycles. The first-order chi connectivity index (χ1) is 23.2. The molecule has 0 aliphatic rings. The fourth-order valence-corrected chi connectivity index (χ4v) is 6.38. The first-order valence-electron chi connectivity index (χ1n) is 15.5. The minimum Gasteiger partial charge on any atom is -0.392 e. The van der Waals surface area contributed by atoms with Crippen LogP contribution in [0.3, 0.4) is 0 Å². The number of aliphatic hydroxyl groups is 1. The van der Waals surface area contributed by atoms with Crippen molar-refractivity contribution in [2.24, 2.45) is 0 Å². The molecule has 9 aromatic rings. The third-order valence-corrected chi connectivity index (χ3v) is 8.65. The summed E-state index contributed by atoms with van der Waals surface area (Å²) in [5.74, 6) is 1.55. The van der Waals surface area contributed by atoms with E-state index >= 15 is 0 Å². The van der Waals surface area contributed by atoms with Crippen molar-refractivity contribution in [3.63, 3.8) is 0 Å². The number of nitrogens with zero attached hydrogens (tertiary/aromatic N) is 6. The number of pyridine rings is 2. The van der Waals surface area contributed by atoms with Crippen molar-refractivity contribution in [3.05, 3.63) is 145 Å². The highest BCUT2D eigenvalue weighted by Crippen LogP contribution is 2.33. The van der Waals surface area contributed by atoms with Crippen LogP contribution in [0, 0.1) is 0 Å². The van der Waals surface area contributed by atoms with Crippen LogP contribution in [0.4, 0.5) is 0 Å². The minimum atomic E-state index is -0.0642. The Kier molecular flexibility index (Phi) is 6.29. The molecule has 0 amide bonds. The van der Waals surface area contributed by atoms with Crippen molar-refractivity contribution >= 4 is 43.6 Å². The van der Waals surface area contributed by atoms with Crippen molar-refractivity contribution in [2.75, 3.05) is 0 Å². The van der Waals surface area contributed by atoms with Gasteiger partial charge in [0.25, 0.3) is 0 Å². The van der Waals surface area contributed by atoms with Crippen LogP contribution >= 0.6 is 0 Å². The summed E-state index contributed by atoms with van der Waals surface area (Å²) >= 11 is 0. The zero-order valence-corrected chi connectivity index (χ0v) is 25.1. The summed E-state index contributed by atoms with van der Waals surface area (Å²) < 4.78 is 2.10. The summed E-state index contributed by atoms with van der Waals surface area (Å²) in [7, 11) is 0. The van der Waals surface area contributed by atoms with Gasteiger partial charge in [-0.1, -0.05) is 115 Å². The van der Waals surface area contributed by atoms with E-state index in [0.717, 1.165) is 66.0 Å². The van der Waals surface area contributed by atoms with Crippen molar-refractivity contribution in [3.8, 4) is 40.1 Å². The smallest absolute Gasteiger partial charge is 0.238 e. The van der Waals surface area contributed by atoms with Crippen LogP contribution in [0.25, 0.3) is 83.7 Å². The number of aliphatic hydroxyl groups excluding tert-OH is 1. The molecule has 0 bridgehead atoms. The highest BCUT2D eigenvalue weighted by atomic mass is 16.3. The molecule has 0 unspecified atom stereocenters. The fourth-order valence-electron chi connectivity index (χ4n) is 6.38. The predicted octanol–water partition coefficient (Wildman–Crippen LogP) is 8.56. The fraction of sp³-hybridized carbons (Fsp3) is 0.0250. The molecular formula is C40H26N6O. The minimum absolute atomic E-state index is 0.0642. The highest BCUT2D eigenvalue weighted by molar-refractivity contribution is 6.09. The maximum absolute atomic E-state index is 9.98. The Balaban J connectivity index is 1.29. The predicted molar refractivity (Wildman–Crippen MR) is 187 cm³/mol. The van der Waals surface area contributed by atoms with Crippen LogP contribution < -0.4 is 0 Å². The summed E-state index contributed by atoms with van der Waals surface area (Å²) in [6.45, 7) is -0.0642. The lowest BCUT2D eigenvalue weighted by Crippen LogP contribution is -2.07. The molecule has 0 aliphatic carbocycles. The summed E-state index contributed by atoms with van der Waals surface area (Å²) in [4.78, 5) is 25.3. The zero-order valence-electron chi connectivity index (χ0n) is 25.1. The van der Waals surface area contributed by atoms with Gasteiger partial charge in [-0.25, -0.2) is 15.0 Å². The van der Waals surface area contributed by atoms with Crippen LogP contribution in [-0.2, 0) is 6.61 Å². The van der Waals surface area contributed by atoms with E-state index in [-0.39, 0.29) is 6.61 Å². The van der Waals surface area contributed by atoms with Gasteiger partial charge in [0.2, 0.25) is 5.95 Å². The van der Waals surface area contributed by atoms with Gasteiger partial charge in [0.1, 0.15) is 5.69 Å². The summed E-state index contributed by atoms with van der Waals surface area (Å²) in [6, 6.07) is 46.5. The Bertz CT molecular complexity index is 2580. The summed E-state index contributed by atoms with van der Waals surface area (Å²) in [5, 5.41) is 14.2. The lowest BCUT2D eigenvalue weighted by atomic mass is 10.0. The van der Waals surface area contributed by atoms with E-state index in [0.29, 0.717) is 23.3 Å². The molecule has 4 aromatic heterocycles. The highest BCUT2D eigenvalue weighted by Gasteiger charge is 2.18. The van der Waals surface area contributed by atoms with Gasteiger partial charge in [0.15, 0.2) is 11.6 Å². The van der Waals surface area contributed by atoms with Crippen molar-refractivity contribution in [2.45, 2.75) is 6.61 Å². The van der Waals surface area contributed by atoms with Crippen molar-refractivity contribution in [1.82, 2.24) is 29.5 Å². The SMILES string of the molecule is OCc1ccccc1-c1ccc2ccc3ccc(-c4nc(-c5ccccc5)nc(-n5c6ccccc6c6ccccc65)n4)nc3c2n1. The largest absolute Gasteiger partial charge is 0.392 e. The van der Waals surface area contributed by atoms with Gasteiger partial charge in [0.05, 0.1) is 34.4 Å². The summed E-state index contributed by atoms with van der Waals surface area (Å²) in [5.41, 5.74) is 7.56. The van der Waals surface area contributed by atoms with Gasteiger partial charge in [0, 0.05) is 32.7 Å². The molecule has 47 heavy (non-hydrogen) atoms. The van der Waals surface area contributed by atoms with E-state index in [9.17, 15) is 5.11 Å². The molecule has 9 rings (SSSR count). The van der Waals surface area contributed by atoms with Gasteiger partial charge in [-0.2, -0.15) is 9.97 Å². The van der Waals surface area contributed by atoms with E-state index in [1.165, 1.54) is 0 Å². The van der Waals surface area contributed by atoms with Crippen LogP contribution in [0.2, 0.25) is 0 Å². The number of aromatic nitrogens is 6. The van der Waals surface area contributed by atoms with E-state index in [1.807, 2.05) is 84.9 Å². The second-order valence-electron chi connectivity index (χ2n) is 11.4. The van der Waals surface area contributed by atoms with Crippen LogP contribution in [-0.4, -0.2) is 34.6 Å². The Morgan fingerprint density at radius 2 is 1.02 bits per heavy atom. The molecule has 0 saturated heterocycles. The molecule has 0 spiro atoms. The van der Waals surface area contributed by atoms with Gasteiger partial charge >= 0.3 is 0 Å². The molecule has 7 nitrogen and oxygen atoms in total. The molecular weight excluding hydrogens is 580 g/mol. The van der Waals surface area contributed by atoms with Crippen LogP contribution in [0.5, 0.6) is 0 Å². The molecule has 0 fully saturated rings. The Morgan fingerprint density at radius 1 is 0.468 bits per heavy atom. The topological polar surface area (TPSA) is 89.6 Å².